The average molecular weight is 296 g/mol. The van der Waals surface area contributed by atoms with Crippen LogP contribution in [0, 0.1) is 0 Å². The maximum atomic E-state index is 9.49. The molecule has 0 aromatic heterocycles. The first kappa shape index (κ1) is 12.9. The first-order valence-electron chi connectivity index (χ1n) is 8.06. The van der Waals surface area contributed by atoms with E-state index in [1.54, 1.807) is 0 Å². The van der Waals surface area contributed by atoms with E-state index in [0.717, 1.165) is 0 Å². The molecule has 0 fully saturated rings. The third-order valence-electron chi connectivity index (χ3n) is 4.98. The van der Waals surface area contributed by atoms with Crippen molar-refractivity contribution in [3.05, 3.63) is 72.3 Å². The van der Waals surface area contributed by atoms with Gasteiger partial charge in [0.25, 0.3) is 0 Å². The highest BCUT2D eigenvalue weighted by Gasteiger charge is 2.15. The van der Waals surface area contributed by atoms with E-state index in [1.807, 2.05) is 0 Å². The SMILES string of the molecule is OCCc1ccc2ccc3cccc4c5ccccc5c1c2c34. The van der Waals surface area contributed by atoms with Gasteiger partial charge in [-0.25, -0.2) is 0 Å². The van der Waals surface area contributed by atoms with E-state index in [2.05, 4.69) is 66.7 Å². The van der Waals surface area contributed by atoms with Gasteiger partial charge in [0.15, 0.2) is 0 Å². The molecule has 0 spiro atoms. The van der Waals surface area contributed by atoms with Gasteiger partial charge in [-0.2, -0.15) is 0 Å². The standard InChI is InChI=1S/C22H16O/c23-13-12-16-11-10-15-9-8-14-4-3-7-19-17-5-1-2-6-18(17)21(16)22(15)20(14)19/h1-11,23H,12-13H2. The summed E-state index contributed by atoms with van der Waals surface area (Å²) in [6.45, 7) is 0.179. The molecule has 110 valence electrons. The van der Waals surface area contributed by atoms with Gasteiger partial charge in [-0.15, -0.1) is 0 Å². The van der Waals surface area contributed by atoms with Gasteiger partial charge in [0.2, 0.25) is 0 Å². The van der Waals surface area contributed by atoms with Gasteiger partial charge in [0.05, 0.1) is 0 Å². The minimum absolute atomic E-state index is 0.179. The molecule has 1 heteroatoms. The molecule has 0 saturated carbocycles. The number of hydrogen-bond donors (Lipinski definition) is 1. The van der Waals surface area contributed by atoms with Crippen molar-refractivity contribution in [3.8, 4) is 0 Å². The first-order valence-corrected chi connectivity index (χ1v) is 8.06. The van der Waals surface area contributed by atoms with Crippen LogP contribution in [0.15, 0.2) is 66.7 Å². The lowest BCUT2D eigenvalue weighted by atomic mass is 9.87. The third-order valence-corrected chi connectivity index (χ3v) is 4.98. The molecular formula is C22H16O. The molecule has 0 heterocycles. The van der Waals surface area contributed by atoms with Crippen LogP contribution in [0.5, 0.6) is 0 Å². The van der Waals surface area contributed by atoms with Crippen LogP contribution in [0.1, 0.15) is 5.56 Å². The topological polar surface area (TPSA) is 20.2 Å². The van der Waals surface area contributed by atoms with E-state index in [-0.39, 0.29) is 6.61 Å². The molecule has 0 aliphatic rings. The fourth-order valence-corrected chi connectivity index (χ4v) is 4.03. The Hall–Kier alpha value is -2.64. The molecule has 1 N–H and O–H groups in total. The van der Waals surface area contributed by atoms with Crippen LogP contribution >= 0.6 is 0 Å². The fraction of sp³-hybridized carbons (Fsp3) is 0.0909. The van der Waals surface area contributed by atoms with Gasteiger partial charge in [0.1, 0.15) is 0 Å². The van der Waals surface area contributed by atoms with E-state index >= 15 is 0 Å². The Balaban J connectivity index is 2.20. The number of aliphatic hydroxyl groups excluding tert-OH is 1. The highest BCUT2D eigenvalue weighted by molar-refractivity contribution is 6.34. The summed E-state index contributed by atoms with van der Waals surface area (Å²) in [7, 11) is 0. The summed E-state index contributed by atoms with van der Waals surface area (Å²) in [4.78, 5) is 0. The predicted octanol–water partition coefficient (Wildman–Crippen LogP) is 5.27. The smallest absolute Gasteiger partial charge is 0.0471 e. The van der Waals surface area contributed by atoms with E-state index in [1.165, 1.54) is 48.7 Å². The maximum absolute atomic E-state index is 9.49. The summed E-state index contributed by atoms with van der Waals surface area (Å²) < 4.78 is 0. The monoisotopic (exact) mass is 296 g/mol. The zero-order chi connectivity index (χ0) is 15.4. The summed E-state index contributed by atoms with van der Waals surface area (Å²) >= 11 is 0. The quantitative estimate of drug-likeness (QED) is 0.347. The second-order valence-electron chi connectivity index (χ2n) is 6.19. The number of aliphatic hydroxyl groups is 1. The van der Waals surface area contributed by atoms with E-state index in [4.69, 9.17) is 0 Å². The van der Waals surface area contributed by atoms with Crippen molar-refractivity contribution in [1.82, 2.24) is 0 Å². The summed E-state index contributed by atoms with van der Waals surface area (Å²) in [6.07, 6.45) is 0.693. The lowest BCUT2D eigenvalue weighted by Gasteiger charge is -2.17. The molecule has 5 aromatic carbocycles. The molecule has 23 heavy (non-hydrogen) atoms. The van der Waals surface area contributed by atoms with Crippen LogP contribution in [-0.2, 0) is 6.42 Å². The van der Waals surface area contributed by atoms with Crippen LogP contribution in [0.2, 0.25) is 0 Å². The van der Waals surface area contributed by atoms with Gasteiger partial charge in [-0.3, -0.25) is 0 Å². The highest BCUT2D eigenvalue weighted by Crippen LogP contribution is 2.41. The third kappa shape index (κ3) is 1.66. The van der Waals surface area contributed by atoms with E-state index < -0.39 is 0 Å². The van der Waals surface area contributed by atoms with Crippen LogP contribution in [0.4, 0.5) is 0 Å². The van der Waals surface area contributed by atoms with Gasteiger partial charge >= 0.3 is 0 Å². The second-order valence-corrected chi connectivity index (χ2v) is 6.19. The van der Waals surface area contributed by atoms with Gasteiger partial charge in [0, 0.05) is 6.61 Å². The van der Waals surface area contributed by atoms with Crippen LogP contribution in [0.25, 0.3) is 43.1 Å². The summed E-state index contributed by atoms with van der Waals surface area (Å²) in [5.41, 5.74) is 1.23. The van der Waals surface area contributed by atoms with Gasteiger partial charge in [-0.05, 0) is 55.1 Å². The number of hydrogen-bond acceptors (Lipinski definition) is 1. The Morgan fingerprint density at radius 2 is 1.22 bits per heavy atom. The molecule has 5 rings (SSSR count). The molecule has 0 aliphatic heterocycles. The molecule has 0 unspecified atom stereocenters. The van der Waals surface area contributed by atoms with Gasteiger partial charge in [-0.1, -0.05) is 66.7 Å². The molecule has 0 saturated heterocycles. The molecule has 0 aliphatic carbocycles. The van der Waals surface area contributed by atoms with Crippen molar-refractivity contribution in [2.45, 2.75) is 6.42 Å². The van der Waals surface area contributed by atoms with Crippen molar-refractivity contribution in [3.63, 3.8) is 0 Å². The van der Waals surface area contributed by atoms with Crippen molar-refractivity contribution in [2.75, 3.05) is 6.61 Å². The average Bonchev–Trinajstić information content (AvgIpc) is 2.61. The van der Waals surface area contributed by atoms with Crippen molar-refractivity contribution >= 4 is 43.1 Å². The second kappa shape index (κ2) is 4.68. The summed E-state index contributed by atoms with van der Waals surface area (Å²) in [5, 5.41) is 19.9. The minimum atomic E-state index is 0.179. The molecular weight excluding hydrogens is 280 g/mol. The Bertz CT molecular complexity index is 1170. The van der Waals surface area contributed by atoms with Crippen molar-refractivity contribution < 1.29 is 5.11 Å². The predicted molar refractivity (Wildman–Crippen MR) is 98.4 cm³/mol. The zero-order valence-corrected chi connectivity index (χ0v) is 12.7. The van der Waals surface area contributed by atoms with Crippen LogP contribution in [0.3, 0.4) is 0 Å². The Labute approximate surface area is 134 Å². The van der Waals surface area contributed by atoms with Gasteiger partial charge < -0.3 is 5.11 Å². The highest BCUT2D eigenvalue weighted by atomic mass is 16.2. The molecule has 5 aromatic rings. The molecule has 0 amide bonds. The Morgan fingerprint density at radius 1 is 0.565 bits per heavy atom. The molecule has 0 atom stereocenters. The molecule has 1 nitrogen and oxygen atoms in total. The zero-order valence-electron chi connectivity index (χ0n) is 12.7. The van der Waals surface area contributed by atoms with E-state index in [9.17, 15) is 5.11 Å². The number of rotatable bonds is 2. The first-order chi connectivity index (χ1) is 11.4. The maximum Gasteiger partial charge on any atom is 0.0471 e. The van der Waals surface area contributed by atoms with Crippen molar-refractivity contribution in [2.24, 2.45) is 0 Å². The van der Waals surface area contributed by atoms with E-state index in [0.29, 0.717) is 6.42 Å². The minimum Gasteiger partial charge on any atom is -0.396 e. The summed E-state index contributed by atoms with van der Waals surface area (Å²) in [5.74, 6) is 0. The van der Waals surface area contributed by atoms with Crippen LogP contribution < -0.4 is 0 Å². The summed E-state index contributed by atoms with van der Waals surface area (Å²) in [6, 6.07) is 24.0. The fourth-order valence-electron chi connectivity index (χ4n) is 4.03. The lowest BCUT2D eigenvalue weighted by molar-refractivity contribution is 0.300. The molecule has 0 radical (unpaired) electrons. The Morgan fingerprint density at radius 3 is 2.04 bits per heavy atom. The molecule has 0 bridgehead atoms. The number of fused-ring (bicyclic) bond motifs is 3. The van der Waals surface area contributed by atoms with Crippen molar-refractivity contribution in [1.29, 1.82) is 0 Å². The lowest BCUT2D eigenvalue weighted by Crippen LogP contribution is -1.95. The Kier molecular flexibility index (Phi) is 2.61. The van der Waals surface area contributed by atoms with Crippen LogP contribution in [-0.4, -0.2) is 11.7 Å². The largest absolute Gasteiger partial charge is 0.396 e. The normalized spacial score (nSPS) is 12.0. The number of benzene rings is 5.